The van der Waals surface area contributed by atoms with Crippen LogP contribution in [0.4, 0.5) is 10.1 Å². The zero-order valence-electron chi connectivity index (χ0n) is 13.6. The standard InChI is InChI=1S/C17H17BrFN3O3/c1-10(17(23)21-14-8-7-11(18)9-13(14)19)25-22-16(20)12-5-3-4-6-15(12)24-2/h3-10H,1-2H3,(H2,20,22)(H,21,23). The van der Waals surface area contributed by atoms with Crippen LogP contribution in [0.2, 0.25) is 0 Å². The molecule has 0 radical (unpaired) electrons. The fourth-order valence-corrected chi connectivity index (χ4v) is 2.25. The van der Waals surface area contributed by atoms with E-state index in [1.807, 2.05) is 0 Å². The SMILES string of the molecule is COc1ccccc1/C(N)=N/OC(C)C(=O)Nc1ccc(Br)cc1F. The number of carbonyl (C=O) groups is 1. The molecule has 0 fully saturated rings. The Morgan fingerprint density at radius 3 is 2.72 bits per heavy atom. The Hall–Kier alpha value is -2.61. The molecule has 8 heteroatoms. The summed E-state index contributed by atoms with van der Waals surface area (Å²) in [6.45, 7) is 1.48. The quantitative estimate of drug-likeness (QED) is 0.435. The highest BCUT2D eigenvalue weighted by Crippen LogP contribution is 2.20. The number of benzene rings is 2. The maximum atomic E-state index is 13.7. The summed E-state index contributed by atoms with van der Waals surface area (Å²) in [7, 11) is 1.51. The first-order chi connectivity index (χ1) is 11.9. The largest absolute Gasteiger partial charge is 0.496 e. The van der Waals surface area contributed by atoms with Crippen LogP contribution in [-0.2, 0) is 9.63 Å². The number of amides is 1. The van der Waals surface area contributed by atoms with Gasteiger partial charge in [-0.25, -0.2) is 4.39 Å². The van der Waals surface area contributed by atoms with Crippen LogP contribution in [0.25, 0.3) is 0 Å². The van der Waals surface area contributed by atoms with Crippen LogP contribution in [0, 0.1) is 5.82 Å². The molecule has 25 heavy (non-hydrogen) atoms. The highest BCUT2D eigenvalue weighted by Gasteiger charge is 2.17. The van der Waals surface area contributed by atoms with E-state index < -0.39 is 17.8 Å². The number of hydrogen-bond acceptors (Lipinski definition) is 4. The molecule has 0 heterocycles. The first kappa shape index (κ1) is 18.7. The van der Waals surface area contributed by atoms with Crippen LogP contribution in [0.5, 0.6) is 5.75 Å². The minimum Gasteiger partial charge on any atom is -0.496 e. The number of oxime groups is 1. The van der Waals surface area contributed by atoms with Crippen molar-refractivity contribution in [1.29, 1.82) is 0 Å². The normalized spacial score (nSPS) is 12.4. The van der Waals surface area contributed by atoms with E-state index in [4.69, 9.17) is 15.3 Å². The third-order valence-corrected chi connectivity index (χ3v) is 3.74. The van der Waals surface area contributed by atoms with E-state index in [9.17, 15) is 9.18 Å². The van der Waals surface area contributed by atoms with Crippen molar-refractivity contribution in [2.75, 3.05) is 12.4 Å². The van der Waals surface area contributed by atoms with E-state index in [-0.39, 0.29) is 11.5 Å². The smallest absolute Gasteiger partial charge is 0.268 e. The van der Waals surface area contributed by atoms with Crippen molar-refractivity contribution in [3.8, 4) is 5.75 Å². The lowest BCUT2D eigenvalue weighted by atomic mass is 10.2. The number of para-hydroxylation sites is 1. The number of ether oxygens (including phenoxy) is 1. The summed E-state index contributed by atoms with van der Waals surface area (Å²) < 4.78 is 19.5. The van der Waals surface area contributed by atoms with Gasteiger partial charge < -0.3 is 20.6 Å². The molecule has 1 atom stereocenters. The highest BCUT2D eigenvalue weighted by atomic mass is 79.9. The molecule has 0 saturated carbocycles. The maximum absolute atomic E-state index is 13.7. The molecule has 0 aliphatic heterocycles. The molecule has 0 aromatic heterocycles. The Bertz CT molecular complexity index is 798. The summed E-state index contributed by atoms with van der Waals surface area (Å²) >= 11 is 3.15. The van der Waals surface area contributed by atoms with Gasteiger partial charge in [0.2, 0.25) is 6.10 Å². The number of methoxy groups -OCH3 is 1. The molecule has 2 aromatic carbocycles. The molecule has 3 N–H and O–H groups in total. The second-order valence-electron chi connectivity index (χ2n) is 5.04. The zero-order chi connectivity index (χ0) is 18.4. The summed E-state index contributed by atoms with van der Waals surface area (Å²) in [5.74, 6) is -0.530. The average molecular weight is 410 g/mol. The van der Waals surface area contributed by atoms with E-state index in [0.29, 0.717) is 15.8 Å². The van der Waals surface area contributed by atoms with Crippen molar-refractivity contribution in [3.63, 3.8) is 0 Å². The van der Waals surface area contributed by atoms with E-state index in [1.54, 1.807) is 30.3 Å². The number of hydrogen-bond donors (Lipinski definition) is 2. The molecule has 6 nitrogen and oxygen atoms in total. The van der Waals surface area contributed by atoms with Crippen LogP contribution in [-0.4, -0.2) is 25.0 Å². The van der Waals surface area contributed by atoms with Crippen LogP contribution >= 0.6 is 15.9 Å². The Labute approximate surface area is 152 Å². The van der Waals surface area contributed by atoms with Crippen molar-refractivity contribution in [2.45, 2.75) is 13.0 Å². The van der Waals surface area contributed by atoms with Crippen molar-refractivity contribution in [1.82, 2.24) is 0 Å². The lowest BCUT2D eigenvalue weighted by Gasteiger charge is -2.12. The number of carbonyl (C=O) groups excluding carboxylic acids is 1. The summed E-state index contributed by atoms with van der Waals surface area (Å²) in [5, 5.41) is 6.18. The summed E-state index contributed by atoms with van der Waals surface area (Å²) in [6.07, 6.45) is -0.976. The molecule has 132 valence electrons. The Morgan fingerprint density at radius 1 is 1.32 bits per heavy atom. The second-order valence-corrected chi connectivity index (χ2v) is 5.95. The first-order valence-electron chi connectivity index (χ1n) is 7.31. The molecule has 0 saturated heterocycles. The fraction of sp³-hybridized carbons (Fsp3) is 0.176. The predicted molar refractivity (Wildman–Crippen MR) is 97.0 cm³/mol. The van der Waals surface area contributed by atoms with Crippen LogP contribution in [0.15, 0.2) is 52.1 Å². The molecule has 1 unspecified atom stereocenters. The second kappa shape index (κ2) is 8.48. The number of halogens is 2. The van der Waals surface area contributed by atoms with Crippen molar-refractivity contribution in [2.24, 2.45) is 10.9 Å². The van der Waals surface area contributed by atoms with Crippen LogP contribution in [0.3, 0.4) is 0 Å². The Morgan fingerprint density at radius 2 is 2.04 bits per heavy atom. The lowest BCUT2D eigenvalue weighted by molar-refractivity contribution is -0.126. The molecule has 0 spiro atoms. The monoisotopic (exact) mass is 409 g/mol. The number of rotatable bonds is 6. The Kier molecular flexibility index (Phi) is 6.35. The first-order valence-corrected chi connectivity index (χ1v) is 8.10. The molecule has 0 aliphatic rings. The Balaban J connectivity index is 2.03. The van der Waals surface area contributed by atoms with Gasteiger partial charge in [0.15, 0.2) is 5.84 Å². The van der Waals surface area contributed by atoms with Crippen LogP contribution in [0.1, 0.15) is 12.5 Å². The van der Waals surface area contributed by atoms with E-state index in [1.165, 1.54) is 26.2 Å². The van der Waals surface area contributed by atoms with Gasteiger partial charge in [-0.05, 0) is 37.3 Å². The zero-order valence-corrected chi connectivity index (χ0v) is 15.2. The minimum absolute atomic E-state index is 0.0466. The van der Waals surface area contributed by atoms with Crippen molar-refractivity contribution < 1.29 is 18.8 Å². The number of nitrogens with zero attached hydrogens (tertiary/aromatic N) is 1. The topological polar surface area (TPSA) is 85.9 Å². The molecule has 1 amide bonds. The third-order valence-electron chi connectivity index (χ3n) is 3.25. The average Bonchev–Trinajstić information content (AvgIpc) is 2.61. The fourth-order valence-electron chi connectivity index (χ4n) is 1.91. The summed E-state index contributed by atoms with van der Waals surface area (Å²) in [4.78, 5) is 17.2. The summed E-state index contributed by atoms with van der Waals surface area (Å²) in [5.41, 5.74) is 6.45. The summed E-state index contributed by atoms with van der Waals surface area (Å²) in [6, 6.07) is 11.3. The predicted octanol–water partition coefficient (Wildman–Crippen LogP) is 3.26. The third kappa shape index (κ3) is 4.93. The van der Waals surface area contributed by atoms with Gasteiger partial charge in [0.05, 0.1) is 18.4 Å². The maximum Gasteiger partial charge on any atom is 0.268 e. The molecular weight excluding hydrogens is 393 g/mol. The molecule has 2 rings (SSSR count). The lowest BCUT2D eigenvalue weighted by Crippen LogP contribution is -2.28. The van der Waals surface area contributed by atoms with E-state index in [0.717, 1.165) is 0 Å². The van der Waals surface area contributed by atoms with Crippen molar-refractivity contribution in [3.05, 3.63) is 58.3 Å². The number of anilines is 1. The van der Waals surface area contributed by atoms with E-state index in [2.05, 4.69) is 26.4 Å². The number of amidine groups is 1. The number of nitrogens with one attached hydrogen (secondary N) is 1. The highest BCUT2D eigenvalue weighted by molar-refractivity contribution is 9.10. The van der Waals surface area contributed by atoms with Gasteiger partial charge in [-0.3, -0.25) is 4.79 Å². The molecule has 0 bridgehead atoms. The van der Waals surface area contributed by atoms with Gasteiger partial charge in [-0.2, -0.15) is 0 Å². The molecule has 2 aromatic rings. The van der Waals surface area contributed by atoms with E-state index >= 15 is 0 Å². The molecular formula is C17H17BrFN3O3. The number of nitrogens with two attached hydrogens (primary N) is 1. The van der Waals surface area contributed by atoms with Crippen molar-refractivity contribution >= 4 is 33.4 Å². The van der Waals surface area contributed by atoms with Gasteiger partial charge in [0.25, 0.3) is 5.91 Å². The minimum atomic E-state index is -0.976. The molecule has 0 aliphatic carbocycles. The van der Waals surface area contributed by atoms with Gasteiger partial charge >= 0.3 is 0 Å². The van der Waals surface area contributed by atoms with Gasteiger partial charge in [-0.1, -0.05) is 33.2 Å². The van der Waals surface area contributed by atoms with Crippen LogP contribution < -0.4 is 15.8 Å². The van der Waals surface area contributed by atoms with Gasteiger partial charge in [0, 0.05) is 4.47 Å². The van der Waals surface area contributed by atoms with Gasteiger partial charge in [0.1, 0.15) is 11.6 Å². The van der Waals surface area contributed by atoms with Gasteiger partial charge in [-0.15, -0.1) is 0 Å².